The molecule has 4 nitrogen and oxygen atoms in total. The normalized spacial score (nSPS) is 12.7. The molecule has 90 valence electrons. The summed E-state index contributed by atoms with van der Waals surface area (Å²) >= 11 is 2.98. The molecule has 0 aromatic heterocycles. The van der Waals surface area contributed by atoms with Crippen molar-refractivity contribution in [3.05, 3.63) is 22.7 Å². The third-order valence-corrected chi connectivity index (χ3v) is 5.44. The standard InChI is InChI=1S/C8H8BrFO4S2/c1-2-15(11,12)8-5-6(16(10,13)14)3-4-7(8)9/h3-5H,2H2,1H3. The summed E-state index contributed by atoms with van der Waals surface area (Å²) in [5, 5.41) is 0. The molecule has 0 bridgehead atoms. The third kappa shape index (κ3) is 2.80. The van der Waals surface area contributed by atoms with Crippen LogP contribution < -0.4 is 0 Å². The molecule has 1 aromatic rings. The van der Waals surface area contributed by atoms with Gasteiger partial charge in [-0.3, -0.25) is 0 Å². The van der Waals surface area contributed by atoms with Crippen LogP contribution in [0.1, 0.15) is 6.92 Å². The van der Waals surface area contributed by atoms with Crippen LogP contribution in [0.15, 0.2) is 32.5 Å². The Morgan fingerprint density at radius 3 is 2.25 bits per heavy atom. The van der Waals surface area contributed by atoms with Crippen molar-refractivity contribution in [1.82, 2.24) is 0 Å². The van der Waals surface area contributed by atoms with Crippen LogP contribution in [0.2, 0.25) is 0 Å². The molecule has 1 rings (SSSR count). The molecule has 0 N–H and O–H groups in total. The lowest BCUT2D eigenvalue weighted by Crippen LogP contribution is -2.06. The number of hydrogen-bond donors (Lipinski definition) is 0. The summed E-state index contributed by atoms with van der Waals surface area (Å²) in [6.07, 6.45) is 0. The van der Waals surface area contributed by atoms with Crippen LogP contribution in [0, 0.1) is 0 Å². The van der Waals surface area contributed by atoms with Crippen molar-refractivity contribution in [2.24, 2.45) is 0 Å². The summed E-state index contributed by atoms with van der Waals surface area (Å²) in [7, 11) is -8.49. The predicted molar refractivity (Wildman–Crippen MR) is 60.2 cm³/mol. The highest BCUT2D eigenvalue weighted by Gasteiger charge is 2.20. The molecule has 8 heteroatoms. The first-order chi connectivity index (χ1) is 7.18. The molecule has 0 amide bonds. The second kappa shape index (κ2) is 4.42. The molecule has 0 heterocycles. The van der Waals surface area contributed by atoms with Crippen LogP contribution in [0.4, 0.5) is 3.89 Å². The molecule has 1 aromatic carbocycles. The van der Waals surface area contributed by atoms with Crippen molar-refractivity contribution in [3.8, 4) is 0 Å². The Bertz CT molecular complexity index is 607. The first kappa shape index (κ1) is 13.6. The summed E-state index contributed by atoms with van der Waals surface area (Å²) in [4.78, 5) is -0.892. The minimum Gasteiger partial charge on any atom is -0.224 e. The molecule has 0 saturated carbocycles. The van der Waals surface area contributed by atoms with Gasteiger partial charge in [0.15, 0.2) is 9.84 Å². The van der Waals surface area contributed by atoms with Crippen molar-refractivity contribution < 1.29 is 20.7 Å². The zero-order valence-electron chi connectivity index (χ0n) is 8.14. The van der Waals surface area contributed by atoms with Crippen molar-refractivity contribution in [1.29, 1.82) is 0 Å². The Balaban J connectivity index is 3.54. The largest absolute Gasteiger partial charge is 0.332 e. The SMILES string of the molecule is CCS(=O)(=O)c1cc(S(=O)(=O)F)ccc1Br. The monoisotopic (exact) mass is 330 g/mol. The van der Waals surface area contributed by atoms with E-state index < -0.39 is 25.0 Å². The van der Waals surface area contributed by atoms with Gasteiger partial charge < -0.3 is 0 Å². The first-order valence-corrected chi connectivity index (χ1v) is 7.98. The highest BCUT2D eigenvalue weighted by Crippen LogP contribution is 2.26. The summed E-state index contributed by atoms with van der Waals surface area (Å²) < 4.78 is 57.3. The van der Waals surface area contributed by atoms with Crippen LogP contribution in [-0.4, -0.2) is 22.6 Å². The maximum absolute atomic E-state index is 12.7. The zero-order valence-corrected chi connectivity index (χ0v) is 11.4. The Kier molecular flexibility index (Phi) is 3.76. The Hall–Kier alpha value is -0.470. The number of hydrogen-bond acceptors (Lipinski definition) is 4. The van der Waals surface area contributed by atoms with Crippen molar-refractivity contribution in [3.63, 3.8) is 0 Å². The number of rotatable bonds is 3. The molecule has 0 radical (unpaired) electrons. The average Bonchev–Trinajstić information content (AvgIpc) is 2.16. The van der Waals surface area contributed by atoms with Gasteiger partial charge in [-0.25, -0.2) is 8.42 Å². The average molecular weight is 331 g/mol. The lowest BCUT2D eigenvalue weighted by molar-refractivity contribution is 0.551. The quantitative estimate of drug-likeness (QED) is 0.794. The Morgan fingerprint density at radius 1 is 1.25 bits per heavy atom. The molecule has 0 atom stereocenters. The first-order valence-electron chi connectivity index (χ1n) is 4.15. The number of sulfone groups is 1. The topological polar surface area (TPSA) is 68.3 Å². The van der Waals surface area contributed by atoms with E-state index in [1.165, 1.54) is 13.0 Å². The van der Waals surface area contributed by atoms with Crippen molar-refractivity contribution in [2.75, 3.05) is 5.75 Å². The summed E-state index contributed by atoms with van der Waals surface area (Å²) in [6.45, 7) is 1.42. The molecule has 0 saturated heterocycles. The van der Waals surface area contributed by atoms with Crippen LogP contribution in [0.25, 0.3) is 0 Å². The molecule has 0 aliphatic rings. The summed E-state index contributed by atoms with van der Waals surface area (Å²) in [5.41, 5.74) is 0. The van der Waals surface area contributed by atoms with E-state index in [2.05, 4.69) is 15.9 Å². The van der Waals surface area contributed by atoms with E-state index in [9.17, 15) is 20.7 Å². The van der Waals surface area contributed by atoms with E-state index in [1.54, 1.807) is 0 Å². The van der Waals surface area contributed by atoms with Gasteiger partial charge in [0.25, 0.3) is 0 Å². The molecule has 0 aliphatic carbocycles. The van der Waals surface area contributed by atoms with E-state index in [4.69, 9.17) is 0 Å². The fraction of sp³-hybridized carbons (Fsp3) is 0.250. The van der Waals surface area contributed by atoms with Gasteiger partial charge in [0.2, 0.25) is 0 Å². The van der Waals surface area contributed by atoms with Crippen molar-refractivity contribution >= 4 is 36.0 Å². The molecular weight excluding hydrogens is 323 g/mol. The van der Waals surface area contributed by atoms with Gasteiger partial charge >= 0.3 is 10.2 Å². The third-order valence-electron chi connectivity index (χ3n) is 1.90. The fourth-order valence-corrected chi connectivity index (χ4v) is 3.56. The van der Waals surface area contributed by atoms with Gasteiger partial charge in [-0.15, -0.1) is 3.89 Å². The Labute approximate surface area is 102 Å². The zero-order chi connectivity index (χ0) is 12.6. The van der Waals surface area contributed by atoms with Crippen molar-refractivity contribution in [2.45, 2.75) is 16.7 Å². The summed E-state index contributed by atoms with van der Waals surface area (Å²) in [5.74, 6) is -0.193. The minimum atomic E-state index is -4.90. The van der Waals surface area contributed by atoms with Gasteiger partial charge in [0, 0.05) is 4.47 Å². The number of halogens is 2. The maximum atomic E-state index is 12.7. The van der Waals surface area contributed by atoms with Gasteiger partial charge in [0.05, 0.1) is 15.5 Å². The highest BCUT2D eigenvalue weighted by molar-refractivity contribution is 9.10. The smallest absolute Gasteiger partial charge is 0.224 e. The molecule has 0 spiro atoms. The Morgan fingerprint density at radius 2 is 1.81 bits per heavy atom. The van der Waals surface area contributed by atoms with Gasteiger partial charge in [0.1, 0.15) is 0 Å². The van der Waals surface area contributed by atoms with E-state index in [-0.39, 0.29) is 15.1 Å². The predicted octanol–water partition coefficient (Wildman–Crippen LogP) is 1.90. The molecule has 0 fully saturated rings. The van der Waals surface area contributed by atoms with Gasteiger partial charge in [-0.1, -0.05) is 6.92 Å². The molecule has 0 aliphatic heterocycles. The molecule has 0 unspecified atom stereocenters. The molecular formula is C8H8BrFO4S2. The second-order valence-corrected chi connectivity index (χ2v) is 7.38. The maximum Gasteiger partial charge on any atom is 0.332 e. The number of benzene rings is 1. The lowest BCUT2D eigenvalue weighted by atomic mass is 10.4. The van der Waals surface area contributed by atoms with Crippen LogP contribution in [-0.2, 0) is 20.1 Å². The lowest BCUT2D eigenvalue weighted by Gasteiger charge is -2.05. The van der Waals surface area contributed by atoms with Crippen LogP contribution >= 0.6 is 15.9 Å². The fourth-order valence-electron chi connectivity index (χ4n) is 1.03. The summed E-state index contributed by atoms with van der Waals surface area (Å²) in [6, 6.07) is 2.99. The second-order valence-electron chi connectivity index (χ2n) is 2.93. The highest BCUT2D eigenvalue weighted by atomic mass is 79.9. The van der Waals surface area contributed by atoms with Gasteiger partial charge in [-0.05, 0) is 34.1 Å². The van der Waals surface area contributed by atoms with E-state index in [0.717, 1.165) is 12.1 Å². The molecule has 16 heavy (non-hydrogen) atoms. The van der Waals surface area contributed by atoms with E-state index >= 15 is 0 Å². The van der Waals surface area contributed by atoms with E-state index in [0.29, 0.717) is 0 Å². The van der Waals surface area contributed by atoms with Gasteiger partial charge in [-0.2, -0.15) is 8.42 Å². The minimum absolute atomic E-state index is 0.193. The van der Waals surface area contributed by atoms with E-state index in [1.807, 2.05) is 0 Å². The van der Waals surface area contributed by atoms with Crippen LogP contribution in [0.3, 0.4) is 0 Å². The van der Waals surface area contributed by atoms with Crippen LogP contribution in [0.5, 0.6) is 0 Å².